The molecule has 4 heteroatoms. The summed E-state index contributed by atoms with van der Waals surface area (Å²) in [5.74, 6) is 0.618. The Morgan fingerprint density at radius 3 is 3.05 bits per heavy atom. The lowest BCUT2D eigenvalue weighted by atomic mass is 9.96. The van der Waals surface area contributed by atoms with E-state index in [0.29, 0.717) is 25.5 Å². The minimum atomic E-state index is 0.241. The number of nitrogens with zero attached hydrogens (tertiary/aromatic N) is 2. The number of benzene rings is 1. The van der Waals surface area contributed by atoms with Gasteiger partial charge in [0.1, 0.15) is 0 Å². The minimum absolute atomic E-state index is 0.241. The molecule has 21 heavy (non-hydrogen) atoms. The van der Waals surface area contributed by atoms with Crippen LogP contribution in [0.3, 0.4) is 0 Å². The molecule has 1 fully saturated rings. The van der Waals surface area contributed by atoms with Crippen LogP contribution in [-0.2, 0) is 16.0 Å². The SMILES string of the molecule is COCCN1C[C@H](Cc2cncc3ccccc23)CC1=O. The van der Waals surface area contributed by atoms with E-state index in [0.717, 1.165) is 18.4 Å². The van der Waals surface area contributed by atoms with E-state index in [1.807, 2.05) is 23.4 Å². The van der Waals surface area contributed by atoms with Gasteiger partial charge in [0.05, 0.1) is 6.61 Å². The predicted octanol–water partition coefficient (Wildman–Crippen LogP) is 2.27. The number of fused-ring (bicyclic) bond motifs is 1. The van der Waals surface area contributed by atoms with Gasteiger partial charge in [-0.05, 0) is 23.3 Å². The standard InChI is InChI=1S/C17H20N2O2/c1-21-7-6-19-12-13(9-17(19)20)8-15-11-18-10-14-4-2-3-5-16(14)15/h2-5,10-11,13H,6-9,12H2,1H3/t13-/m1/s1. The second kappa shape index (κ2) is 6.22. The first-order valence-corrected chi connectivity index (χ1v) is 7.36. The molecule has 0 aliphatic carbocycles. The fourth-order valence-corrected chi connectivity index (χ4v) is 3.06. The lowest BCUT2D eigenvalue weighted by molar-refractivity contribution is -0.128. The molecule has 2 aromatic rings. The second-order valence-corrected chi connectivity index (χ2v) is 5.63. The van der Waals surface area contributed by atoms with E-state index in [9.17, 15) is 4.79 Å². The number of amides is 1. The Kier molecular flexibility index (Phi) is 4.15. The van der Waals surface area contributed by atoms with Gasteiger partial charge in [0, 0.05) is 44.4 Å². The van der Waals surface area contributed by atoms with Gasteiger partial charge in [-0.15, -0.1) is 0 Å². The van der Waals surface area contributed by atoms with Gasteiger partial charge < -0.3 is 9.64 Å². The molecular formula is C17H20N2O2. The van der Waals surface area contributed by atoms with Crippen LogP contribution in [0.2, 0.25) is 0 Å². The van der Waals surface area contributed by atoms with Crippen molar-refractivity contribution < 1.29 is 9.53 Å². The molecule has 0 unspecified atom stereocenters. The summed E-state index contributed by atoms with van der Waals surface area (Å²) in [6.07, 6.45) is 5.37. The van der Waals surface area contributed by atoms with Gasteiger partial charge in [-0.1, -0.05) is 24.3 Å². The van der Waals surface area contributed by atoms with Gasteiger partial charge in [-0.25, -0.2) is 0 Å². The van der Waals surface area contributed by atoms with E-state index in [-0.39, 0.29) is 5.91 Å². The first-order valence-electron chi connectivity index (χ1n) is 7.36. The van der Waals surface area contributed by atoms with Crippen molar-refractivity contribution in [2.75, 3.05) is 26.8 Å². The van der Waals surface area contributed by atoms with Crippen LogP contribution in [-0.4, -0.2) is 42.6 Å². The minimum Gasteiger partial charge on any atom is -0.383 e. The van der Waals surface area contributed by atoms with Crippen LogP contribution in [0.5, 0.6) is 0 Å². The molecule has 1 aromatic heterocycles. The number of hydrogen-bond donors (Lipinski definition) is 0. The van der Waals surface area contributed by atoms with Crippen molar-refractivity contribution >= 4 is 16.7 Å². The summed E-state index contributed by atoms with van der Waals surface area (Å²) in [6.45, 7) is 2.12. The van der Waals surface area contributed by atoms with Crippen LogP contribution in [0, 0.1) is 5.92 Å². The van der Waals surface area contributed by atoms with Crippen molar-refractivity contribution in [3.8, 4) is 0 Å². The molecule has 0 radical (unpaired) electrons. The molecule has 3 rings (SSSR count). The lowest BCUT2D eigenvalue weighted by Crippen LogP contribution is -2.28. The number of carbonyl (C=O) groups is 1. The van der Waals surface area contributed by atoms with Gasteiger partial charge in [0.25, 0.3) is 0 Å². The summed E-state index contributed by atoms with van der Waals surface area (Å²) in [4.78, 5) is 18.2. The van der Waals surface area contributed by atoms with Gasteiger partial charge >= 0.3 is 0 Å². The normalized spacial score (nSPS) is 18.6. The van der Waals surface area contributed by atoms with Crippen LogP contribution in [0.25, 0.3) is 10.8 Å². The fraction of sp³-hybridized carbons (Fsp3) is 0.412. The summed E-state index contributed by atoms with van der Waals surface area (Å²) >= 11 is 0. The number of hydrogen-bond acceptors (Lipinski definition) is 3. The Hall–Kier alpha value is -1.94. The van der Waals surface area contributed by atoms with Crippen LogP contribution in [0.1, 0.15) is 12.0 Å². The molecule has 1 aromatic carbocycles. The number of rotatable bonds is 5. The fourth-order valence-electron chi connectivity index (χ4n) is 3.06. The number of likely N-dealkylation sites (tertiary alicyclic amines) is 1. The van der Waals surface area contributed by atoms with E-state index >= 15 is 0 Å². The zero-order valence-electron chi connectivity index (χ0n) is 12.3. The third-order valence-corrected chi connectivity index (χ3v) is 4.12. The Balaban J connectivity index is 1.73. The quantitative estimate of drug-likeness (QED) is 0.846. The summed E-state index contributed by atoms with van der Waals surface area (Å²) in [7, 11) is 1.67. The highest BCUT2D eigenvalue weighted by atomic mass is 16.5. The predicted molar refractivity (Wildman–Crippen MR) is 82.0 cm³/mol. The average Bonchev–Trinajstić information content (AvgIpc) is 2.85. The Morgan fingerprint density at radius 1 is 1.33 bits per heavy atom. The molecule has 1 amide bonds. The van der Waals surface area contributed by atoms with Crippen molar-refractivity contribution in [1.82, 2.24) is 9.88 Å². The van der Waals surface area contributed by atoms with Gasteiger partial charge in [-0.2, -0.15) is 0 Å². The third-order valence-electron chi connectivity index (χ3n) is 4.12. The lowest BCUT2D eigenvalue weighted by Gasteiger charge is -2.16. The highest BCUT2D eigenvalue weighted by Crippen LogP contribution is 2.25. The molecule has 1 saturated heterocycles. The summed E-state index contributed by atoms with van der Waals surface area (Å²) in [6, 6.07) is 8.29. The molecule has 2 heterocycles. The highest BCUT2D eigenvalue weighted by Gasteiger charge is 2.29. The van der Waals surface area contributed by atoms with Crippen molar-refractivity contribution in [3.05, 3.63) is 42.2 Å². The van der Waals surface area contributed by atoms with Crippen molar-refractivity contribution in [2.24, 2.45) is 5.92 Å². The number of pyridine rings is 1. The van der Waals surface area contributed by atoms with E-state index < -0.39 is 0 Å². The summed E-state index contributed by atoms with van der Waals surface area (Å²) in [5.41, 5.74) is 1.24. The maximum absolute atomic E-state index is 12.0. The Labute approximate surface area is 124 Å². The number of methoxy groups -OCH3 is 1. The second-order valence-electron chi connectivity index (χ2n) is 5.63. The molecule has 110 valence electrons. The first-order chi connectivity index (χ1) is 10.3. The molecule has 0 N–H and O–H groups in total. The largest absolute Gasteiger partial charge is 0.383 e. The number of aromatic nitrogens is 1. The van der Waals surface area contributed by atoms with Crippen LogP contribution in [0.15, 0.2) is 36.7 Å². The molecular weight excluding hydrogens is 264 g/mol. The van der Waals surface area contributed by atoms with Crippen LogP contribution >= 0.6 is 0 Å². The van der Waals surface area contributed by atoms with Crippen molar-refractivity contribution in [3.63, 3.8) is 0 Å². The van der Waals surface area contributed by atoms with E-state index in [2.05, 4.69) is 23.2 Å². The van der Waals surface area contributed by atoms with E-state index in [1.165, 1.54) is 10.9 Å². The monoisotopic (exact) mass is 284 g/mol. The van der Waals surface area contributed by atoms with E-state index in [1.54, 1.807) is 7.11 Å². The van der Waals surface area contributed by atoms with Gasteiger partial charge in [0.2, 0.25) is 5.91 Å². The average molecular weight is 284 g/mol. The molecule has 1 aliphatic heterocycles. The van der Waals surface area contributed by atoms with Crippen molar-refractivity contribution in [1.29, 1.82) is 0 Å². The molecule has 4 nitrogen and oxygen atoms in total. The Bertz CT molecular complexity index is 636. The summed E-state index contributed by atoms with van der Waals surface area (Å²) in [5, 5.41) is 2.41. The van der Waals surface area contributed by atoms with Crippen LogP contribution in [0.4, 0.5) is 0 Å². The van der Waals surface area contributed by atoms with Crippen LogP contribution < -0.4 is 0 Å². The van der Waals surface area contributed by atoms with Gasteiger partial charge in [-0.3, -0.25) is 9.78 Å². The highest BCUT2D eigenvalue weighted by molar-refractivity contribution is 5.85. The number of carbonyl (C=O) groups excluding carboxylic acids is 1. The van der Waals surface area contributed by atoms with Gasteiger partial charge in [0.15, 0.2) is 0 Å². The zero-order chi connectivity index (χ0) is 14.7. The van der Waals surface area contributed by atoms with E-state index in [4.69, 9.17) is 4.74 Å². The molecule has 0 saturated carbocycles. The molecule has 1 aliphatic rings. The number of ether oxygens (including phenoxy) is 1. The topological polar surface area (TPSA) is 42.4 Å². The first kappa shape index (κ1) is 14.0. The molecule has 0 spiro atoms. The smallest absolute Gasteiger partial charge is 0.223 e. The van der Waals surface area contributed by atoms with Crippen molar-refractivity contribution in [2.45, 2.75) is 12.8 Å². The maximum Gasteiger partial charge on any atom is 0.223 e. The summed E-state index contributed by atoms with van der Waals surface area (Å²) < 4.78 is 5.06. The zero-order valence-corrected chi connectivity index (χ0v) is 12.3. The molecule has 0 bridgehead atoms. The third kappa shape index (κ3) is 3.05. The molecule has 1 atom stereocenters. The maximum atomic E-state index is 12.0. The Morgan fingerprint density at radius 2 is 2.19 bits per heavy atom.